The summed E-state index contributed by atoms with van der Waals surface area (Å²) in [4.78, 5) is 3.80. The van der Waals surface area contributed by atoms with Crippen LogP contribution in [0, 0.1) is 0 Å². The molecule has 20 heavy (non-hydrogen) atoms. The molecule has 1 N–H and O–H groups in total. The third-order valence-electron chi connectivity index (χ3n) is 2.87. The molecule has 0 spiro atoms. The number of rotatable bonds is 4. The zero-order valence-corrected chi connectivity index (χ0v) is 11.0. The summed E-state index contributed by atoms with van der Waals surface area (Å²) in [6.45, 7) is 1.96. The highest BCUT2D eigenvalue weighted by Gasteiger charge is 2.30. The van der Waals surface area contributed by atoms with E-state index in [1.165, 1.54) is 11.6 Å². The predicted octanol–water partition coefficient (Wildman–Crippen LogP) is 4.14. The predicted molar refractivity (Wildman–Crippen MR) is 72.5 cm³/mol. The number of hydrogen-bond acceptors (Lipinski definition) is 2. The number of halogens is 3. The van der Waals surface area contributed by atoms with Crippen LogP contribution >= 0.6 is 0 Å². The number of nitrogens with one attached hydrogen (secondary N) is 1. The summed E-state index contributed by atoms with van der Waals surface area (Å²) in [5.74, 6) is 0.446. The number of hydrogen-bond donors (Lipinski definition) is 1. The molecule has 0 saturated carbocycles. The van der Waals surface area contributed by atoms with Crippen molar-refractivity contribution in [1.82, 2.24) is 4.98 Å². The summed E-state index contributed by atoms with van der Waals surface area (Å²) in [7, 11) is 0. The fourth-order valence-corrected chi connectivity index (χ4v) is 1.92. The molecule has 2 nitrogen and oxygen atoms in total. The Bertz CT molecular complexity index is 535. The van der Waals surface area contributed by atoms with E-state index >= 15 is 0 Å². The molecule has 1 heterocycles. The first-order valence-electron chi connectivity index (χ1n) is 6.29. The summed E-state index contributed by atoms with van der Waals surface area (Å²) < 4.78 is 37.2. The zero-order chi connectivity index (χ0) is 14.6. The Morgan fingerprint density at radius 3 is 2.35 bits per heavy atom. The molecule has 0 aliphatic rings. The van der Waals surface area contributed by atoms with Gasteiger partial charge in [0.15, 0.2) is 0 Å². The maximum absolute atomic E-state index is 12.4. The molecule has 2 rings (SSSR count). The highest BCUT2D eigenvalue weighted by atomic mass is 19.4. The Labute approximate surface area is 115 Å². The Morgan fingerprint density at radius 2 is 1.80 bits per heavy atom. The lowest BCUT2D eigenvalue weighted by Gasteiger charge is -2.15. The largest absolute Gasteiger partial charge is 0.417 e. The molecule has 0 fully saturated rings. The van der Waals surface area contributed by atoms with Crippen molar-refractivity contribution in [3.05, 3.63) is 59.8 Å². The van der Waals surface area contributed by atoms with Crippen molar-refractivity contribution >= 4 is 5.82 Å². The van der Waals surface area contributed by atoms with Crippen LogP contribution in [0.1, 0.15) is 18.1 Å². The van der Waals surface area contributed by atoms with Gasteiger partial charge in [0.1, 0.15) is 5.82 Å². The molecule has 2 aromatic rings. The summed E-state index contributed by atoms with van der Waals surface area (Å²) in [6.07, 6.45) is -2.72. The first-order chi connectivity index (χ1) is 9.45. The van der Waals surface area contributed by atoms with Crippen molar-refractivity contribution < 1.29 is 13.2 Å². The summed E-state index contributed by atoms with van der Waals surface area (Å²) in [5, 5.41) is 3.09. The van der Waals surface area contributed by atoms with E-state index in [0.29, 0.717) is 5.82 Å². The summed E-state index contributed by atoms with van der Waals surface area (Å²) in [5.41, 5.74) is 0.429. The maximum Gasteiger partial charge on any atom is 0.417 e. The van der Waals surface area contributed by atoms with Crippen LogP contribution in [0.15, 0.2) is 48.7 Å². The summed E-state index contributed by atoms with van der Waals surface area (Å²) in [6, 6.07) is 12.4. The minimum absolute atomic E-state index is 0.0848. The molecule has 0 amide bonds. The van der Waals surface area contributed by atoms with Gasteiger partial charge in [0.25, 0.3) is 0 Å². The first kappa shape index (κ1) is 14.4. The molecular formula is C15H15F3N2. The van der Waals surface area contributed by atoms with E-state index in [1.807, 2.05) is 37.3 Å². The maximum atomic E-state index is 12.4. The van der Waals surface area contributed by atoms with Crippen LogP contribution in [0.25, 0.3) is 0 Å². The van der Waals surface area contributed by atoms with Gasteiger partial charge in [-0.1, -0.05) is 30.3 Å². The number of alkyl halides is 3. The van der Waals surface area contributed by atoms with Crippen LogP contribution in [0.5, 0.6) is 0 Å². The van der Waals surface area contributed by atoms with Crippen LogP contribution in [-0.4, -0.2) is 11.0 Å². The van der Waals surface area contributed by atoms with Crippen LogP contribution < -0.4 is 5.32 Å². The third-order valence-corrected chi connectivity index (χ3v) is 2.87. The van der Waals surface area contributed by atoms with Crippen LogP contribution in [0.4, 0.5) is 19.0 Å². The van der Waals surface area contributed by atoms with Gasteiger partial charge in [-0.05, 0) is 31.0 Å². The minimum Gasteiger partial charge on any atom is -0.367 e. The van der Waals surface area contributed by atoms with E-state index in [1.54, 1.807) is 0 Å². The van der Waals surface area contributed by atoms with Gasteiger partial charge in [0.05, 0.1) is 5.56 Å². The second-order valence-corrected chi connectivity index (χ2v) is 4.66. The Hall–Kier alpha value is -2.04. The van der Waals surface area contributed by atoms with E-state index in [0.717, 1.165) is 18.7 Å². The monoisotopic (exact) mass is 280 g/mol. The number of aromatic nitrogens is 1. The van der Waals surface area contributed by atoms with E-state index in [9.17, 15) is 13.2 Å². The van der Waals surface area contributed by atoms with Crippen LogP contribution in [-0.2, 0) is 12.6 Å². The molecule has 5 heteroatoms. The fourth-order valence-electron chi connectivity index (χ4n) is 1.92. The molecule has 1 aromatic carbocycles. The Balaban J connectivity index is 1.96. The number of pyridine rings is 1. The lowest BCUT2D eigenvalue weighted by atomic mass is 10.1. The molecular weight excluding hydrogens is 265 g/mol. The van der Waals surface area contributed by atoms with Crippen molar-refractivity contribution in [2.75, 3.05) is 5.32 Å². The molecule has 0 aliphatic heterocycles. The fraction of sp³-hybridized carbons (Fsp3) is 0.267. The highest BCUT2D eigenvalue weighted by Crippen LogP contribution is 2.28. The lowest BCUT2D eigenvalue weighted by Crippen LogP contribution is -2.19. The van der Waals surface area contributed by atoms with E-state index in [-0.39, 0.29) is 6.04 Å². The van der Waals surface area contributed by atoms with Gasteiger partial charge in [-0.2, -0.15) is 13.2 Å². The normalized spacial score (nSPS) is 13.0. The minimum atomic E-state index is -4.35. The molecule has 0 radical (unpaired) electrons. The average molecular weight is 280 g/mol. The lowest BCUT2D eigenvalue weighted by molar-refractivity contribution is -0.137. The van der Waals surface area contributed by atoms with E-state index in [4.69, 9.17) is 0 Å². The quantitative estimate of drug-likeness (QED) is 0.910. The average Bonchev–Trinajstić information content (AvgIpc) is 2.39. The topological polar surface area (TPSA) is 24.9 Å². The second-order valence-electron chi connectivity index (χ2n) is 4.66. The molecule has 1 unspecified atom stereocenters. The molecule has 0 bridgehead atoms. The van der Waals surface area contributed by atoms with Crippen molar-refractivity contribution in [3.63, 3.8) is 0 Å². The molecule has 0 saturated heterocycles. The van der Waals surface area contributed by atoms with Crippen molar-refractivity contribution in [2.24, 2.45) is 0 Å². The summed E-state index contributed by atoms with van der Waals surface area (Å²) >= 11 is 0. The number of anilines is 1. The number of nitrogens with zero attached hydrogens (tertiary/aromatic N) is 1. The Kier molecular flexibility index (Phi) is 4.27. The van der Waals surface area contributed by atoms with Crippen molar-refractivity contribution in [3.8, 4) is 0 Å². The zero-order valence-electron chi connectivity index (χ0n) is 11.0. The van der Waals surface area contributed by atoms with Gasteiger partial charge in [-0.3, -0.25) is 0 Å². The second kappa shape index (κ2) is 5.94. The van der Waals surface area contributed by atoms with E-state index < -0.39 is 11.7 Å². The first-order valence-corrected chi connectivity index (χ1v) is 6.29. The molecule has 106 valence electrons. The third kappa shape index (κ3) is 3.98. The van der Waals surface area contributed by atoms with Crippen molar-refractivity contribution in [1.29, 1.82) is 0 Å². The SMILES string of the molecule is CC(Cc1ccccc1)Nc1ccc(C(F)(F)F)cn1. The van der Waals surface area contributed by atoms with E-state index in [2.05, 4.69) is 10.3 Å². The van der Waals surface area contributed by atoms with Crippen LogP contribution in [0.3, 0.4) is 0 Å². The van der Waals surface area contributed by atoms with Gasteiger partial charge in [0, 0.05) is 12.2 Å². The smallest absolute Gasteiger partial charge is 0.367 e. The Morgan fingerprint density at radius 1 is 1.10 bits per heavy atom. The highest BCUT2D eigenvalue weighted by molar-refractivity contribution is 5.37. The molecule has 0 aliphatic carbocycles. The van der Waals surface area contributed by atoms with Crippen molar-refractivity contribution in [2.45, 2.75) is 25.6 Å². The van der Waals surface area contributed by atoms with Gasteiger partial charge in [-0.25, -0.2) is 4.98 Å². The van der Waals surface area contributed by atoms with Gasteiger partial charge < -0.3 is 5.32 Å². The molecule has 1 atom stereocenters. The standard InChI is InChI=1S/C15H15F3N2/c1-11(9-12-5-3-2-4-6-12)20-14-8-7-13(10-19-14)15(16,17)18/h2-8,10-11H,9H2,1H3,(H,19,20). The van der Waals surface area contributed by atoms with Gasteiger partial charge in [-0.15, -0.1) is 0 Å². The number of benzene rings is 1. The molecule has 1 aromatic heterocycles. The van der Waals surface area contributed by atoms with Crippen LogP contribution in [0.2, 0.25) is 0 Å². The van der Waals surface area contributed by atoms with Gasteiger partial charge in [0.2, 0.25) is 0 Å². The van der Waals surface area contributed by atoms with Gasteiger partial charge >= 0.3 is 6.18 Å².